The Balaban J connectivity index is 1.30. The first-order valence-electron chi connectivity index (χ1n) is 12.9. The molecular weight excluding hydrogens is 438 g/mol. The molecule has 6 heteroatoms. The van der Waals surface area contributed by atoms with E-state index in [-0.39, 0.29) is 23.3 Å². The van der Waals surface area contributed by atoms with Gasteiger partial charge in [-0.2, -0.15) is 0 Å². The fraction of sp³-hybridized carbons (Fsp3) is 0.517. The largest absolute Gasteiger partial charge is 0.497 e. The van der Waals surface area contributed by atoms with Crippen LogP contribution in [0.4, 0.5) is 0 Å². The zero-order valence-corrected chi connectivity index (χ0v) is 21.3. The minimum absolute atomic E-state index is 0.00934. The van der Waals surface area contributed by atoms with Gasteiger partial charge in [0.25, 0.3) is 0 Å². The van der Waals surface area contributed by atoms with E-state index in [1.165, 1.54) is 0 Å². The van der Waals surface area contributed by atoms with Gasteiger partial charge in [0.05, 0.1) is 18.6 Å². The van der Waals surface area contributed by atoms with E-state index in [0.717, 1.165) is 68.7 Å². The average Bonchev–Trinajstić information content (AvgIpc) is 3.18. The van der Waals surface area contributed by atoms with Crippen molar-refractivity contribution in [2.24, 2.45) is 11.3 Å². The first kappa shape index (κ1) is 25.2. The van der Waals surface area contributed by atoms with Crippen LogP contribution in [0.2, 0.25) is 0 Å². The lowest BCUT2D eigenvalue weighted by atomic mass is 9.77. The minimum atomic E-state index is -0.201. The number of methoxy groups -OCH3 is 1. The number of amides is 2. The summed E-state index contributed by atoms with van der Waals surface area (Å²) in [5.74, 6) is 1.21. The summed E-state index contributed by atoms with van der Waals surface area (Å²) in [5.41, 5.74) is 2.09. The Hall–Kier alpha value is -2.86. The van der Waals surface area contributed by atoms with Crippen molar-refractivity contribution >= 4 is 11.8 Å². The summed E-state index contributed by atoms with van der Waals surface area (Å²) in [7, 11) is 1.67. The summed E-state index contributed by atoms with van der Waals surface area (Å²) in [6.45, 7) is 8.14. The van der Waals surface area contributed by atoms with Gasteiger partial charge in [-0.15, -0.1) is 0 Å². The molecule has 0 aromatic heterocycles. The molecule has 6 nitrogen and oxygen atoms in total. The molecule has 2 aliphatic heterocycles. The summed E-state index contributed by atoms with van der Waals surface area (Å²) in [5, 5.41) is 3.23. The van der Waals surface area contributed by atoms with Crippen LogP contribution in [0.1, 0.15) is 56.7 Å². The summed E-state index contributed by atoms with van der Waals surface area (Å²) in [4.78, 5) is 30.3. The fourth-order valence-corrected chi connectivity index (χ4v) is 5.32. The summed E-state index contributed by atoms with van der Waals surface area (Å²) in [6, 6.07) is 18.2. The van der Waals surface area contributed by atoms with Gasteiger partial charge in [0, 0.05) is 25.6 Å². The number of likely N-dealkylation sites (tertiary alicyclic amines) is 2. The molecule has 2 saturated heterocycles. The van der Waals surface area contributed by atoms with Crippen LogP contribution >= 0.6 is 0 Å². The Morgan fingerprint density at radius 3 is 2.29 bits per heavy atom. The van der Waals surface area contributed by atoms with Gasteiger partial charge in [0.15, 0.2) is 0 Å². The van der Waals surface area contributed by atoms with Crippen LogP contribution < -0.4 is 10.1 Å². The van der Waals surface area contributed by atoms with Crippen LogP contribution in [0.25, 0.3) is 0 Å². The monoisotopic (exact) mass is 477 g/mol. The van der Waals surface area contributed by atoms with E-state index < -0.39 is 0 Å². The Morgan fingerprint density at radius 2 is 1.66 bits per heavy atom. The molecule has 0 radical (unpaired) electrons. The number of hydrogen-bond acceptors (Lipinski definition) is 4. The van der Waals surface area contributed by atoms with Crippen molar-refractivity contribution in [3.05, 3.63) is 65.7 Å². The van der Waals surface area contributed by atoms with Crippen LogP contribution in [0.15, 0.2) is 54.6 Å². The second-order valence-electron chi connectivity index (χ2n) is 10.4. The van der Waals surface area contributed by atoms with Crippen LogP contribution in [0, 0.1) is 11.3 Å². The van der Waals surface area contributed by atoms with E-state index in [0.29, 0.717) is 12.5 Å². The third kappa shape index (κ3) is 6.04. The topological polar surface area (TPSA) is 61.9 Å². The highest BCUT2D eigenvalue weighted by Crippen LogP contribution is 2.42. The average molecular weight is 478 g/mol. The van der Waals surface area contributed by atoms with Crippen molar-refractivity contribution in [1.29, 1.82) is 0 Å². The predicted octanol–water partition coefficient (Wildman–Crippen LogP) is 4.41. The molecule has 2 fully saturated rings. The van der Waals surface area contributed by atoms with Crippen molar-refractivity contribution in [2.75, 3.05) is 33.3 Å². The van der Waals surface area contributed by atoms with Gasteiger partial charge in [-0.1, -0.05) is 56.3 Å². The molecule has 2 amide bonds. The molecule has 0 saturated carbocycles. The maximum absolute atomic E-state index is 13.4. The van der Waals surface area contributed by atoms with E-state index in [1.54, 1.807) is 7.11 Å². The molecule has 2 aromatic rings. The maximum atomic E-state index is 13.4. The van der Waals surface area contributed by atoms with Crippen molar-refractivity contribution in [3.8, 4) is 5.75 Å². The molecule has 0 aliphatic carbocycles. The lowest BCUT2D eigenvalue weighted by Gasteiger charge is -2.38. The molecule has 1 atom stereocenters. The number of hydrogen-bond donors (Lipinski definition) is 1. The molecule has 0 unspecified atom stereocenters. The number of piperidine rings is 1. The zero-order chi connectivity index (χ0) is 24.8. The second-order valence-corrected chi connectivity index (χ2v) is 10.4. The van der Waals surface area contributed by atoms with Gasteiger partial charge < -0.3 is 19.9 Å². The van der Waals surface area contributed by atoms with Crippen molar-refractivity contribution < 1.29 is 14.3 Å². The summed E-state index contributed by atoms with van der Waals surface area (Å²) in [6.07, 6.45) is 3.65. The van der Waals surface area contributed by atoms with Crippen LogP contribution in [0.3, 0.4) is 0 Å². The minimum Gasteiger partial charge on any atom is -0.497 e. The Kier molecular flexibility index (Phi) is 8.11. The van der Waals surface area contributed by atoms with E-state index >= 15 is 0 Å². The Labute approximate surface area is 209 Å². The second kappa shape index (κ2) is 11.3. The lowest BCUT2D eigenvalue weighted by Crippen LogP contribution is -2.45. The molecule has 0 bridgehead atoms. The van der Waals surface area contributed by atoms with Crippen molar-refractivity contribution in [3.63, 3.8) is 0 Å². The third-order valence-corrected chi connectivity index (χ3v) is 7.72. The van der Waals surface area contributed by atoms with Gasteiger partial charge >= 0.3 is 0 Å². The maximum Gasteiger partial charge on any atom is 0.229 e. The Bertz CT molecular complexity index is 982. The summed E-state index contributed by atoms with van der Waals surface area (Å²) >= 11 is 0. The molecule has 1 N–H and O–H groups in total. The molecule has 2 heterocycles. The number of carbonyl (C=O) groups is 2. The molecule has 35 heavy (non-hydrogen) atoms. The number of ether oxygens (including phenoxy) is 1. The van der Waals surface area contributed by atoms with Gasteiger partial charge in [-0.25, -0.2) is 0 Å². The van der Waals surface area contributed by atoms with Gasteiger partial charge in [-0.3, -0.25) is 9.59 Å². The van der Waals surface area contributed by atoms with Crippen LogP contribution in [0.5, 0.6) is 5.75 Å². The lowest BCUT2D eigenvalue weighted by molar-refractivity contribution is -0.139. The molecule has 188 valence electrons. The highest BCUT2D eigenvalue weighted by molar-refractivity contribution is 5.85. The molecule has 2 aromatic carbocycles. The first-order valence-corrected chi connectivity index (χ1v) is 12.9. The number of rotatable bonds is 9. The number of benzene rings is 2. The van der Waals surface area contributed by atoms with Crippen molar-refractivity contribution in [1.82, 2.24) is 15.1 Å². The Morgan fingerprint density at radius 1 is 1.00 bits per heavy atom. The first-order chi connectivity index (χ1) is 16.9. The van der Waals surface area contributed by atoms with Crippen molar-refractivity contribution in [2.45, 2.75) is 52.1 Å². The number of nitrogens with one attached hydrogen (secondary N) is 1. The summed E-state index contributed by atoms with van der Waals surface area (Å²) < 4.78 is 5.24. The molecular formula is C29H39N3O3. The zero-order valence-electron chi connectivity index (χ0n) is 21.3. The highest BCUT2D eigenvalue weighted by Gasteiger charge is 2.47. The van der Waals surface area contributed by atoms with E-state index in [2.05, 4.69) is 22.3 Å². The fourth-order valence-electron chi connectivity index (χ4n) is 5.32. The number of carbonyl (C=O) groups excluding carboxylic acids is 2. The van der Waals surface area contributed by atoms with E-state index in [9.17, 15) is 9.59 Å². The normalized spacial score (nSPS) is 18.7. The van der Waals surface area contributed by atoms with Crippen LogP contribution in [-0.4, -0.2) is 54.9 Å². The molecule has 1 spiro atoms. The predicted molar refractivity (Wildman–Crippen MR) is 138 cm³/mol. The SMILES string of the molecule is COc1ccc(CN2CCC3(CCN(CC[C@H](NC(=O)C(C)C)c4ccccc4)CC3)C2=O)cc1. The quantitative estimate of drug-likeness (QED) is 0.581. The van der Waals surface area contributed by atoms with Gasteiger partial charge in [0.1, 0.15) is 5.75 Å². The van der Waals surface area contributed by atoms with Crippen LogP contribution in [-0.2, 0) is 16.1 Å². The van der Waals surface area contributed by atoms with E-state index in [4.69, 9.17) is 4.74 Å². The number of nitrogens with zero attached hydrogens (tertiary/aromatic N) is 2. The van der Waals surface area contributed by atoms with Gasteiger partial charge in [-0.05, 0) is 62.0 Å². The van der Waals surface area contributed by atoms with E-state index in [1.807, 2.05) is 61.2 Å². The van der Waals surface area contributed by atoms with Gasteiger partial charge in [0.2, 0.25) is 11.8 Å². The third-order valence-electron chi connectivity index (χ3n) is 7.72. The molecule has 4 rings (SSSR count). The smallest absolute Gasteiger partial charge is 0.229 e. The highest BCUT2D eigenvalue weighted by atomic mass is 16.5. The molecule has 2 aliphatic rings. The standard InChI is InChI=1S/C29H39N3O3/c1-22(2)27(33)30-26(24-7-5-4-6-8-24)13-17-31-18-14-29(15-19-31)16-20-32(28(29)34)21-23-9-11-25(35-3)12-10-23/h4-12,22,26H,13-21H2,1-3H3,(H,30,33)/t26-/m0/s1.